The molecule has 0 aromatic carbocycles. The quantitative estimate of drug-likeness (QED) is 0.681. The molecule has 1 aromatic rings. The Labute approximate surface area is 81.0 Å². The summed E-state index contributed by atoms with van der Waals surface area (Å²) in [6, 6.07) is 4.32. The summed E-state index contributed by atoms with van der Waals surface area (Å²) in [7, 11) is 0. The van der Waals surface area contributed by atoms with E-state index in [0.29, 0.717) is 0 Å². The number of aromatic nitrogens is 1. The van der Waals surface area contributed by atoms with Crippen LogP contribution in [0.3, 0.4) is 0 Å². The van der Waals surface area contributed by atoms with Crippen molar-refractivity contribution in [2.24, 2.45) is 0 Å². The second-order valence-electron chi connectivity index (χ2n) is 3.25. The third-order valence-electron chi connectivity index (χ3n) is 1.97. The van der Waals surface area contributed by atoms with Crippen LogP contribution in [0, 0.1) is 6.92 Å². The summed E-state index contributed by atoms with van der Waals surface area (Å²) in [5, 5.41) is 0. The average molecular weight is 203 g/mol. The average Bonchev–Trinajstić information content (AvgIpc) is 2.84. The molecule has 0 N–H and O–H groups in total. The van der Waals surface area contributed by atoms with Crippen LogP contribution in [0.2, 0.25) is 0 Å². The Morgan fingerprint density at radius 3 is 2.36 bits per heavy atom. The van der Waals surface area contributed by atoms with Crippen LogP contribution in [0.15, 0.2) is 18.3 Å². The molecule has 0 unspecified atom stereocenters. The third kappa shape index (κ3) is 4.25. The fourth-order valence-electron chi connectivity index (χ4n) is 1.24. The molecule has 1 saturated carbocycles. The van der Waals surface area contributed by atoms with Crippen molar-refractivity contribution in [3.63, 3.8) is 0 Å². The number of halogens is 3. The fraction of sp³-hybridized carbons (Fsp3) is 0.500. The van der Waals surface area contributed by atoms with Gasteiger partial charge >= 0.3 is 6.68 Å². The molecule has 0 saturated heterocycles. The van der Waals surface area contributed by atoms with E-state index in [-0.39, 0.29) is 0 Å². The molecule has 0 bridgehead atoms. The molecule has 2 rings (SSSR count). The first kappa shape index (κ1) is 11.0. The lowest BCUT2D eigenvalue weighted by molar-refractivity contribution is 0.00819. The molecule has 1 fully saturated rings. The van der Waals surface area contributed by atoms with E-state index in [9.17, 15) is 13.2 Å². The van der Waals surface area contributed by atoms with E-state index < -0.39 is 6.68 Å². The smallest absolute Gasteiger partial charge is 0.262 e. The number of pyridine rings is 1. The minimum absolute atomic E-state index is 0.863. The predicted molar refractivity (Wildman–Crippen MR) is 48.1 cm³/mol. The zero-order valence-electron chi connectivity index (χ0n) is 7.88. The third-order valence-corrected chi connectivity index (χ3v) is 1.97. The van der Waals surface area contributed by atoms with Gasteiger partial charge in [-0.05, 0) is 43.4 Å². The van der Waals surface area contributed by atoms with Crippen LogP contribution in [-0.2, 0) is 0 Å². The van der Waals surface area contributed by atoms with Gasteiger partial charge in [-0.25, -0.2) is 0 Å². The summed E-state index contributed by atoms with van der Waals surface area (Å²) < 4.78 is 29.0. The number of rotatable bonds is 1. The van der Waals surface area contributed by atoms with Gasteiger partial charge in [0.15, 0.2) is 0 Å². The first-order valence-corrected chi connectivity index (χ1v) is 4.44. The van der Waals surface area contributed by atoms with Gasteiger partial charge in [0.2, 0.25) is 0 Å². The van der Waals surface area contributed by atoms with Gasteiger partial charge in [-0.3, -0.25) is 4.98 Å². The Morgan fingerprint density at radius 1 is 1.36 bits per heavy atom. The Hall–Kier alpha value is -1.06. The highest BCUT2D eigenvalue weighted by atomic mass is 19.4. The second-order valence-corrected chi connectivity index (χ2v) is 3.25. The van der Waals surface area contributed by atoms with Crippen molar-refractivity contribution < 1.29 is 13.2 Å². The summed E-state index contributed by atoms with van der Waals surface area (Å²) in [6.45, 7) is -1.62. The standard InChI is InChI=1S/C9H11N.CHF3/c1-7-6-9(4-5-10-7)8-2-3-8;2-1(3)4/h4-6,8H,2-3H2,1H3;1H. The van der Waals surface area contributed by atoms with Crippen LogP contribution in [-0.4, -0.2) is 11.7 Å². The Balaban J connectivity index is 0.000000213. The van der Waals surface area contributed by atoms with E-state index in [1.165, 1.54) is 18.4 Å². The molecule has 1 heterocycles. The zero-order chi connectivity index (χ0) is 10.6. The number of hydrogen-bond acceptors (Lipinski definition) is 1. The second kappa shape index (κ2) is 4.98. The Kier molecular flexibility index (Phi) is 3.92. The molecular weight excluding hydrogens is 191 g/mol. The maximum absolute atomic E-state index is 9.67. The highest BCUT2D eigenvalue weighted by molar-refractivity contribution is 5.23. The predicted octanol–water partition coefficient (Wildman–Crippen LogP) is 3.45. The van der Waals surface area contributed by atoms with E-state index in [1.54, 1.807) is 0 Å². The first-order chi connectivity index (χ1) is 6.59. The number of aryl methyl sites for hydroxylation is 1. The molecular formula is C10H12F3N. The van der Waals surface area contributed by atoms with Crippen molar-refractivity contribution in [1.82, 2.24) is 4.98 Å². The molecule has 1 aliphatic rings. The van der Waals surface area contributed by atoms with Crippen molar-refractivity contribution in [2.75, 3.05) is 0 Å². The highest BCUT2D eigenvalue weighted by Crippen LogP contribution is 2.39. The maximum Gasteiger partial charge on any atom is 0.379 e. The van der Waals surface area contributed by atoms with E-state index >= 15 is 0 Å². The van der Waals surface area contributed by atoms with Crippen LogP contribution in [0.25, 0.3) is 0 Å². The summed E-state index contributed by atoms with van der Waals surface area (Å²) in [6.07, 6.45) is 4.66. The Morgan fingerprint density at radius 2 is 1.93 bits per heavy atom. The molecule has 1 aromatic heterocycles. The van der Waals surface area contributed by atoms with Crippen LogP contribution < -0.4 is 0 Å². The lowest BCUT2D eigenvalue weighted by Crippen LogP contribution is -1.83. The summed E-state index contributed by atoms with van der Waals surface area (Å²) >= 11 is 0. The molecule has 0 atom stereocenters. The lowest BCUT2D eigenvalue weighted by Gasteiger charge is -1.96. The van der Waals surface area contributed by atoms with Crippen LogP contribution in [0.5, 0.6) is 0 Å². The molecule has 0 amide bonds. The SMILES string of the molecule is Cc1cc(C2CC2)ccn1.FC(F)F. The van der Waals surface area contributed by atoms with Gasteiger partial charge in [0, 0.05) is 11.9 Å². The van der Waals surface area contributed by atoms with Gasteiger partial charge in [-0.2, -0.15) is 13.2 Å². The molecule has 1 nitrogen and oxygen atoms in total. The Bertz CT molecular complexity index is 282. The fourth-order valence-corrected chi connectivity index (χ4v) is 1.24. The minimum atomic E-state index is -3.67. The lowest BCUT2D eigenvalue weighted by atomic mass is 10.1. The minimum Gasteiger partial charge on any atom is -0.262 e. The largest absolute Gasteiger partial charge is 0.379 e. The maximum atomic E-state index is 9.67. The summed E-state index contributed by atoms with van der Waals surface area (Å²) in [5.41, 5.74) is 2.62. The van der Waals surface area contributed by atoms with E-state index in [1.807, 2.05) is 13.1 Å². The molecule has 0 radical (unpaired) electrons. The van der Waals surface area contributed by atoms with Gasteiger partial charge in [-0.1, -0.05) is 0 Å². The summed E-state index contributed by atoms with van der Waals surface area (Å²) in [5.74, 6) is 0.863. The van der Waals surface area contributed by atoms with Crippen LogP contribution in [0.1, 0.15) is 30.0 Å². The van der Waals surface area contributed by atoms with Crippen molar-refractivity contribution in [2.45, 2.75) is 32.4 Å². The van der Waals surface area contributed by atoms with Crippen molar-refractivity contribution in [3.8, 4) is 0 Å². The van der Waals surface area contributed by atoms with Crippen molar-refractivity contribution in [1.29, 1.82) is 0 Å². The number of alkyl halides is 3. The zero-order valence-corrected chi connectivity index (χ0v) is 7.88. The monoisotopic (exact) mass is 203 g/mol. The van der Waals surface area contributed by atoms with E-state index in [4.69, 9.17) is 0 Å². The van der Waals surface area contributed by atoms with Crippen LogP contribution in [0.4, 0.5) is 13.2 Å². The number of nitrogens with zero attached hydrogens (tertiary/aromatic N) is 1. The van der Waals surface area contributed by atoms with E-state index in [0.717, 1.165) is 11.6 Å². The van der Waals surface area contributed by atoms with Crippen molar-refractivity contribution in [3.05, 3.63) is 29.6 Å². The van der Waals surface area contributed by atoms with Gasteiger partial charge in [0.1, 0.15) is 0 Å². The molecule has 14 heavy (non-hydrogen) atoms. The summed E-state index contributed by atoms with van der Waals surface area (Å²) in [4.78, 5) is 4.15. The van der Waals surface area contributed by atoms with Gasteiger partial charge in [0.25, 0.3) is 0 Å². The van der Waals surface area contributed by atoms with Gasteiger partial charge < -0.3 is 0 Å². The van der Waals surface area contributed by atoms with Crippen LogP contribution >= 0.6 is 0 Å². The van der Waals surface area contributed by atoms with Crippen molar-refractivity contribution >= 4 is 0 Å². The molecule has 78 valence electrons. The normalized spacial score (nSPS) is 14.9. The number of hydrogen-bond donors (Lipinski definition) is 0. The molecule has 0 aliphatic heterocycles. The highest BCUT2D eigenvalue weighted by Gasteiger charge is 2.23. The first-order valence-electron chi connectivity index (χ1n) is 4.44. The topological polar surface area (TPSA) is 12.9 Å². The van der Waals surface area contributed by atoms with Gasteiger partial charge in [-0.15, -0.1) is 0 Å². The van der Waals surface area contributed by atoms with Gasteiger partial charge in [0.05, 0.1) is 0 Å². The molecule has 4 heteroatoms. The molecule has 1 aliphatic carbocycles. The molecule has 0 spiro atoms. The van der Waals surface area contributed by atoms with E-state index in [2.05, 4.69) is 17.1 Å².